The largest absolute Gasteiger partial charge is 0.329 e. The van der Waals surface area contributed by atoms with Gasteiger partial charge in [0.25, 0.3) is 0 Å². The van der Waals surface area contributed by atoms with E-state index < -0.39 is 0 Å². The molecule has 3 heteroatoms. The summed E-state index contributed by atoms with van der Waals surface area (Å²) in [5, 5.41) is 0. The third-order valence-corrected chi connectivity index (χ3v) is 5.52. The molecular formula is C14H27N3. The quantitative estimate of drug-likeness (QED) is 0.782. The Labute approximate surface area is 105 Å². The molecule has 17 heavy (non-hydrogen) atoms. The van der Waals surface area contributed by atoms with Gasteiger partial charge in [-0.15, -0.1) is 0 Å². The number of hydrogen-bond donors (Lipinski definition) is 1. The van der Waals surface area contributed by atoms with Crippen molar-refractivity contribution in [1.82, 2.24) is 9.80 Å². The minimum Gasteiger partial charge on any atom is -0.329 e. The molecule has 0 bridgehead atoms. The molecule has 1 aliphatic carbocycles. The summed E-state index contributed by atoms with van der Waals surface area (Å²) in [7, 11) is 2.25. The molecule has 98 valence electrons. The first kappa shape index (κ1) is 11.9. The van der Waals surface area contributed by atoms with Crippen molar-refractivity contribution in [3.05, 3.63) is 0 Å². The molecule has 2 saturated heterocycles. The lowest BCUT2D eigenvalue weighted by atomic mass is 9.87. The first-order valence-electron chi connectivity index (χ1n) is 7.37. The maximum Gasteiger partial charge on any atom is 0.0458 e. The van der Waals surface area contributed by atoms with Gasteiger partial charge in [-0.3, -0.25) is 4.90 Å². The van der Waals surface area contributed by atoms with Crippen molar-refractivity contribution in [3.8, 4) is 0 Å². The first-order valence-corrected chi connectivity index (χ1v) is 7.37. The van der Waals surface area contributed by atoms with E-state index in [4.69, 9.17) is 5.73 Å². The predicted octanol–water partition coefficient (Wildman–Crippen LogP) is 1.14. The summed E-state index contributed by atoms with van der Waals surface area (Å²) in [6, 6.07) is 0. The summed E-state index contributed by atoms with van der Waals surface area (Å²) in [5.41, 5.74) is 6.47. The second-order valence-corrected chi connectivity index (χ2v) is 6.63. The molecular weight excluding hydrogens is 210 g/mol. The number of nitrogens with zero attached hydrogens (tertiary/aromatic N) is 2. The minimum atomic E-state index is 0.303. The van der Waals surface area contributed by atoms with Gasteiger partial charge in [0.1, 0.15) is 0 Å². The Morgan fingerprint density at radius 1 is 1.18 bits per heavy atom. The lowest BCUT2D eigenvalue weighted by molar-refractivity contribution is 0.0375. The monoisotopic (exact) mass is 237 g/mol. The van der Waals surface area contributed by atoms with Crippen molar-refractivity contribution in [2.45, 2.75) is 37.6 Å². The van der Waals surface area contributed by atoms with E-state index in [1.165, 1.54) is 58.3 Å². The highest BCUT2D eigenvalue weighted by Crippen LogP contribution is 2.41. The Bertz CT molecular complexity index is 269. The Balaban J connectivity index is 1.72. The van der Waals surface area contributed by atoms with Gasteiger partial charge in [0.05, 0.1) is 0 Å². The fourth-order valence-electron chi connectivity index (χ4n) is 4.51. The summed E-state index contributed by atoms with van der Waals surface area (Å²) < 4.78 is 0. The zero-order valence-electron chi connectivity index (χ0n) is 11.2. The molecule has 3 unspecified atom stereocenters. The van der Waals surface area contributed by atoms with Gasteiger partial charge in [-0.1, -0.05) is 6.42 Å². The van der Waals surface area contributed by atoms with Crippen LogP contribution in [0.5, 0.6) is 0 Å². The van der Waals surface area contributed by atoms with Crippen molar-refractivity contribution in [2.24, 2.45) is 17.6 Å². The Morgan fingerprint density at radius 3 is 2.47 bits per heavy atom. The summed E-state index contributed by atoms with van der Waals surface area (Å²) in [6.45, 7) is 5.94. The predicted molar refractivity (Wildman–Crippen MR) is 70.9 cm³/mol. The van der Waals surface area contributed by atoms with Crippen molar-refractivity contribution in [2.75, 3.05) is 39.8 Å². The third kappa shape index (κ3) is 2.02. The van der Waals surface area contributed by atoms with E-state index >= 15 is 0 Å². The zero-order chi connectivity index (χ0) is 11.9. The number of hydrogen-bond acceptors (Lipinski definition) is 3. The van der Waals surface area contributed by atoms with E-state index in [0.29, 0.717) is 5.54 Å². The highest BCUT2D eigenvalue weighted by molar-refractivity contribution is 5.02. The Hall–Kier alpha value is -0.120. The van der Waals surface area contributed by atoms with Crippen LogP contribution in [0, 0.1) is 11.8 Å². The first-order chi connectivity index (χ1) is 8.23. The van der Waals surface area contributed by atoms with Crippen LogP contribution in [0.2, 0.25) is 0 Å². The molecule has 0 aromatic carbocycles. The molecule has 3 nitrogen and oxygen atoms in total. The summed E-state index contributed by atoms with van der Waals surface area (Å²) in [4.78, 5) is 5.24. The van der Waals surface area contributed by atoms with E-state index in [9.17, 15) is 0 Å². The van der Waals surface area contributed by atoms with E-state index in [1.807, 2.05) is 0 Å². The van der Waals surface area contributed by atoms with Crippen LogP contribution < -0.4 is 5.73 Å². The smallest absolute Gasteiger partial charge is 0.0458 e. The molecule has 2 heterocycles. The molecule has 0 aromatic heterocycles. The van der Waals surface area contributed by atoms with Gasteiger partial charge in [0.15, 0.2) is 0 Å². The number of piperidine rings is 1. The minimum absolute atomic E-state index is 0.303. The summed E-state index contributed by atoms with van der Waals surface area (Å²) in [6.07, 6.45) is 7.04. The summed E-state index contributed by atoms with van der Waals surface area (Å²) >= 11 is 0. The molecule has 0 spiro atoms. The van der Waals surface area contributed by atoms with Gasteiger partial charge >= 0.3 is 0 Å². The Kier molecular flexibility index (Phi) is 3.18. The fourth-order valence-corrected chi connectivity index (χ4v) is 4.51. The van der Waals surface area contributed by atoms with Gasteiger partial charge in [0.2, 0.25) is 0 Å². The molecule has 3 atom stereocenters. The Morgan fingerprint density at radius 2 is 1.88 bits per heavy atom. The lowest BCUT2D eigenvalue weighted by Crippen LogP contribution is -2.61. The van der Waals surface area contributed by atoms with Crippen molar-refractivity contribution < 1.29 is 0 Å². The summed E-state index contributed by atoms with van der Waals surface area (Å²) in [5.74, 6) is 1.98. The van der Waals surface area contributed by atoms with Crippen LogP contribution in [0.1, 0.15) is 32.1 Å². The lowest BCUT2D eigenvalue weighted by Gasteiger charge is -2.47. The van der Waals surface area contributed by atoms with E-state index in [0.717, 1.165) is 18.4 Å². The van der Waals surface area contributed by atoms with Crippen molar-refractivity contribution in [3.63, 3.8) is 0 Å². The second kappa shape index (κ2) is 4.52. The molecule has 1 saturated carbocycles. The van der Waals surface area contributed by atoms with Crippen LogP contribution in [-0.2, 0) is 0 Å². The number of likely N-dealkylation sites (tertiary alicyclic amines) is 2. The molecule has 0 amide bonds. The number of fused-ring (bicyclic) bond motifs is 1. The maximum atomic E-state index is 6.16. The molecule has 0 aromatic rings. The molecule has 2 aliphatic heterocycles. The van der Waals surface area contributed by atoms with Crippen LogP contribution >= 0.6 is 0 Å². The standard InChI is InChI=1S/C14H27N3/c1-16-7-3-6-14(10-15,11-16)17-8-12-4-2-5-13(12)9-17/h12-13H,2-11,15H2,1H3. The average molecular weight is 237 g/mol. The SMILES string of the molecule is CN1CCCC(CN)(N2CC3CCCC3C2)C1. The van der Waals surface area contributed by atoms with Crippen LogP contribution in [-0.4, -0.2) is 55.1 Å². The van der Waals surface area contributed by atoms with E-state index in [1.54, 1.807) is 0 Å². The van der Waals surface area contributed by atoms with Crippen LogP contribution in [0.25, 0.3) is 0 Å². The van der Waals surface area contributed by atoms with Gasteiger partial charge in [0, 0.05) is 31.7 Å². The van der Waals surface area contributed by atoms with Crippen molar-refractivity contribution in [1.29, 1.82) is 0 Å². The second-order valence-electron chi connectivity index (χ2n) is 6.63. The molecule has 3 rings (SSSR count). The van der Waals surface area contributed by atoms with Crippen LogP contribution in [0.3, 0.4) is 0 Å². The number of likely N-dealkylation sites (N-methyl/N-ethyl adjacent to an activating group) is 1. The maximum absolute atomic E-state index is 6.16. The highest BCUT2D eigenvalue weighted by atomic mass is 15.3. The van der Waals surface area contributed by atoms with Gasteiger partial charge < -0.3 is 10.6 Å². The van der Waals surface area contributed by atoms with Crippen LogP contribution in [0.15, 0.2) is 0 Å². The highest BCUT2D eigenvalue weighted by Gasteiger charge is 2.46. The normalized spacial score (nSPS) is 44.1. The average Bonchev–Trinajstić information content (AvgIpc) is 2.89. The third-order valence-electron chi connectivity index (χ3n) is 5.52. The molecule has 2 N–H and O–H groups in total. The molecule has 0 radical (unpaired) electrons. The molecule has 3 aliphatic rings. The number of rotatable bonds is 2. The topological polar surface area (TPSA) is 32.5 Å². The van der Waals surface area contributed by atoms with Gasteiger partial charge in [-0.2, -0.15) is 0 Å². The van der Waals surface area contributed by atoms with E-state index in [-0.39, 0.29) is 0 Å². The number of nitrogens with two attached hydrogens (primary N) is 1. The van der Waals surface area contributed by atoms with E-state index in [2.05, 4.69) is 16.8 Å². The van der Waals surface area contributed by atoms with Crippen LogP contribution in [0.4, 0.5) is 0 Å². The van der Waals surface area contributed by atoms with Crippen molar-refractivity contribution >= 4 is 0 Å². The molecule has 3 fully saturated rings. The van der Waals surface area contributed by atoms with Gasteiger partial charge in [-0.05, 0) is 51.1 Å². The van der Waals surface area contributed by atoms with Gasteiger partial charge in [-0.25, -0.2) is 0 Å². The fraction of sp³-hybridized carbons (Fsp3) is 1.00. The zero-order valence-corrected chi connectivity index (χ0v) is 11.2.